The summed E-state index contributed by atoms with van der Waals surface area (Å²) in [6, 6.07) is 13.9. The van der Waals surface area contributed by atoms with Crippen molar-refractivity contribution in [2.24, 2.45) is 4.99 Å². The summed E-state index contributed by atoms with van der Waals surface area (Å²) in [7, 11) is 1.60. The number of ether oxygens (including phenoxy) is 2. The zero-order valence-corrected chi connectivity index (χ0v) is 24.7. The Morgan fingerprint density at radius 1 is 1.08 bits per heavy atom. The number of methoxy groups -OCH3 is 1. The van der Waals surface area contributed by atoms with Gasteiger partial charge in [-0.1, -0.05) is 72.7 Å². The van der Waals surface area contributed by atoms with Gasteiger partial charge in [0.25, 0.3) is 5.91 Å². The lowest BCUT2D eigenvalue weighted by molar-refractivity contribution is -0.124. The Hall–Kier alpha value is -2.76. The number of hydrogen-bond acceptors (Lipinski definition) is 6. The molecule has 2 saturated carbocycles. The van der Waals surface area contributed by atoms with Crippen molar-refractivity contribution in [3.63, 3.8) is 0 Å². The summed E-state index contributed by atoms with van der Waals surface area (Å²) in [6.45, 7) is 0.249. The second-order valence-corrected chi connectivity index (χ2v) is 12.2. The number of rotatable bonds is 7. The van der Waals surface area contributed by atoms with E-state index in [4.69, 9.17) is 14.5 Å². The van der Waals surface area contributed by atoms with Gasteiger partial charge < -0.3 is 9.47 Å². The fourth-order valence-electron chi connectivity index (χ4n) is 5.59. The topological polar surface area (TPSA) is 74.9 Å². The molecule has 2 aromatic rings. The molecule has 0 unspecified atom stereocenters. The van der Waals surface area contributed by atoms with Crippen LogP contribution in [0.5, 0.6) is 11.5 Å². The van der Waals surface area contributed by atoms with Gasteiger partial charge in [-0.15, -0.1) is 0 Å². The molecule has 6 nitrogen and oxygen atoms in total. The monoisotopic (exact) mass is 607 g/mol. The predicted molar refractivity (Wildman–Crippen MR) is 160 cm³/mol. The molecule has 8 heteroatoms. The molecule has 3 fully saturated rings. The standard InChI is InChI=1S/C31H34BrN3O3S/c1-37-27-16-23(26(32)18-28(27)38-20-22-11-9-8-10-21(22)19-33)17-29-30(36)35(25-14-6-3-7-15-25)31(39-29)34-24-12-4-2-5-13-24/h8-11,16-18,24-25H,2-7,12-15,20H2,1H3. The van der Waals surface area contributed by atoms with Gasteiger partial charge in [0.1, 0.15) is 6.61 Å². The highest BCUT2D eigenvalue weighted by Gasteiger charge is 2.39. The van der Waals surface area contributed by atoms with Gasteiger partial charge in [0.2, 0.25) is 0 Å². The normalized spacial score (nSPS) is 20.9. The Labute approximate surface area is 243 Å². The molecule has 204 valence electrons. The van der Waals surface area contributed by atoms with Crippen molar-refractivity contribution >= 4 is 44.8 Å². The van der Waals surface area contributed by atoms with Crippen LogP contribution in [0.3, 0.4) is 0 Å². The highest BCUT2D eigenvalue weighted by molar-refractivity contribution is 9.10. The molecule has 0 aromatic heterocycles. The number of nitrogens with zero attached hydrogens (tertiary/aromatic N) is 3. The Balaban J connectivity index is 1.41. The lowest BCUT2D eigenvalue weighted by atomic mass is 9.94. The van der Waals surface area contributed by atoms with E-state index in [0.717, 1.165) is 59.3 Å². The van der Waals surface area contributed by atoms with Gasteiger partial charge in [-0.25, -0.2) is 0 Å². The van der Waals surface area contributed by atoms with Gasteiger partial charge in [-0.2, -0.15) is 5.26 Å². The third kappa shape index (κ3) is 6.53. The van der Waals surface area contributed by atoms with E-state index in [-0.39, 0.29) is 18.6 Å². The molecule has 1 amide bonds. The van der Waals surface area contributed by atoms with E-state index in [1.165, 1.54) is 37.4 Å². The molecule has 0 radical (unpaired) electrons. The van der Waals surface area contributed by atoms with Crippen LogP contribution in [0.25, 0.3) is 6.08 Å². The van der Waals surface area contributed by atoms with Gasteiger partial charge in [-0.3, -0.25) is 14.7 Å². The van der Waals surface area contributed by atoms with Gasteiger partial charge in [0.05, 0.1) is 29.7 Å². The van der Waals surface area contributed by atoms with Gasteiger partial charge >= 0.3 is 0 Å². The van der Waals surface area contributed by atoms with Crippen molar-refractivity contribution < 1.29 is 14.3 Å². The molecule has 1 saturated heterocycles. The quantitative estimate of drug-likeness (QED) is 0.300. The summed E-state index contributed by atoms with van der Waals surface area (Å²) in [5.41, 5.74) is 2.24. The average Bonchev–Trinajstić information content (AvgIpc) is 3.27. The predicted octanol–water partition coefficient (Wildman–Crippen LogP) is 7.85. The van der Waals surface area contributed by atoms with E-state index in [1.54, 1.807) is 13.2 Å². The van der Waals surface area contributed by atoms with E-state index in [2.05, 4.69) is 22.0 Å². The number of carbonyl (C=O) groups is 1. The minimum Gasteiger partial charge on any atom is -0.493 e. The van der Waals surface area contributed by atoms with Crippen LogP contribution in [0.4, 0.5) is 0 Å². The minimum absolute atomic E-state index is 0.0563. The van der Waals surface area contributed by atoms with Crippen LogP contribution < -0.4 is 9.47 Å². The summed E-state index contributed by atoms with van der Waals surface area (Å²) < 4.78 is 12.5. The summed E-state index contributed by atoms with van der Waals surface area (Å²) in [5.74, 6) is 1.18. The number of aliphatic imine (C=N–C) groups is 1. The van der Waals surface area contributed by atoms with E-state index in [0.29, 0.717) is 28.0 Å². The van der Waals surface area contributed by atoms with Crippen molar-refractivity contribution in [2.45, 2.75) is 82.9 Å². The Morgan fingerprint density at radius 2 is 1.79 bits per heavy atom. The van der Waals surface area contributed by atoms with Crippen LogP contribution >= 0.6 is 27.7 Å². The number of carbonyl (C=O) groups excluding carboxylic acids is 1. The number of amidine groups is 1. The van der Waals surface area contributed by atoms with Crippen molar-refractivity contribution in [3.05, 3.63) is 62.5 Å². The minimum atomic E-state index is 0.0563. The van der Waals surface area contributed by atoms with E-state index in [9.17, 15) is 10.1 Å². The molecule has 1 heterocycles. The number of benzene rings is 2. The van der Waals surface area contributed by atoms with Gasteiger partial charge in [-0.05, 0) is 67.3 Å². The molecule has 0 spiro atoms. The molecule has 0 bridgehead atoms. The van der Waals surface area contributed by atoms with Crippen LogP contribution in [0.15, 0.2) is 50.8 Å². The summed E-state index contributed by atoms with van der Waals surface area (Å²) in [4.78, 5) is 21.6. The second-order valence-electron chi connectivity index (χ2n) is 10.4. The maximum Gasteiger partial charge on any atom is 0.267 e. The molecular weight excluding hydrogens is 574 g/mol. The van der Waals surface area contributed by atoms with Crippen LogP contribution in [0, 0.1) is 11.3 Å². The maximum atomic E-state index is 13.8. The maximum absolute atomic E-state index is 13.8. The van der Waals surface area contributed by atoms with Crippen LogP contribution in [0.1, 0.15) is 80.9 Å². The van der Waals surface area contributed by atoms with Crippen molar-refractivity contribution in [1.82, 2.24) is 4.90 Å². The van der Waals surface area contributed by atoms with Crippen molar-refractivity contribution in [2.75, 3.05) is 7.11 Å². The highest BCUT2D eigenvalue weighted by Crippen LogP contribution is 2.41. The molecule has 2 aromatic carbocycles. The second kappa shape index (κ2) is 13.1. The number of hydrogen-bond donors (Lipinski definition) is 0. The molecule has 2 aliphatic carbocycles. The molecule has 0 N–H and O–H groups in total. The van der Waals surface area contributed by atoms with Crippen molar-refractivity contribution in [3.8, 4) is 17.6 Å². The first kappa shape index (κ1) is 27.8. The first-order valence-corrected chi connectivity index (χ1v) is 15.5. The van der Waals surface area contributed by atoms with E-state index >= 15 is 0 Å². The summed E-state index contributed by atoms with van der Waals surface area (Å²) in [5, 5.41) is 10.3. The SMILES string of the molecule is COc1cc(C=C2SC(=NC3CCCCC3)N(C3CCCCC3)C2=O)c(Br)cc1OCc1ccccc1C#N. The van der Waals surface area contributed by atoms with Gasteiger partial charge in [0, 0.05) is 16.1 Å². The molecule has 3 aliphatic rings. The number of thioether (sulfide) groups is 1. The number of halogens is 1. The fraction of sp³-hybridized carbons (Fsp3) is 0.452. The third-order valence-corrected chi connectivity index (χ3v) is 9.42. The lowest BCUT2D eigenvalue weighted by Gasteiger charge is -2.31. The molecule has 5 rings (SSSR count). The lowest BCUT2D eigenvalue weighted by Crippen LogP contribution is -2.41. The Kier molecular flexibility index (Phi) is 9.31. The smallest absolute Gasteiger partial charge is 0.267 e. The largest absolute Gasteiger partial charge is 0.493 e. The first-order chi connectivity index (χ1) is 19.1. The van der Waals surface area contributed by atoms with Crippen LogP contribution in [0.2, 0.25) is 0 Å². The van der Waals surface area contributed by atoms with E-state index in [1.807, 2.05) is 41.3 Å². The molecule has 1 aliphatic heterocycles. The van der Waals surface area contributed by atoms with E-state index < -0.39 is 0 Å². The van der Waals surface area contributed by atoms with Gasteiger partial charge in [0.15, 0.2) is 16.7 Å². The summed E-state index contributed by atoms with van der Waals surface area (Å²) >= 11 is 5.19. The molecular formula is C31H34BrN3O3S. The first-order valence-electron chi connectivity index (χ1n) is 13.9. The Morgan fingerprint density at radius 3 is 2.51 bits per heavy atom. The highest BCUT2D eigenvalue weighted by atomic mass is 79.9. The zero-order chi connectivity index (χ0) is 27.2. The zero-order valence-electron chi connectivity index (χ0n) is 22.3. The molecule has 0 atom stereocenters. The number of nitriles is 1. The third-order valence-electron chi connectivity index (χ3n) is 7.74. The summed E-state index contributed by atoms with van der Waals surface area (Å²) in [6.07, 6.45) is 13.5. The fourth-order valence-corrected chi connectivity index (χ4v) is 7.13. The number of amides is 1. The van der Waals surface area contributed by atoms with Crippen LogP contribution in [-0.2, 0) is 11.4 Å². The van der Waals surface area contributed by atoms with Crippen LogP contribution in [-0.4, -0.2) is 35.2 Å². The Bertz CT molecular complexity index is 1310. The molecule has 39 heavy (non-hydrogen) atoms. The van der Waals surface area contributed by atoms with Crippen molar-refractivity contribution in [1.29, 1.82) is 5.26 Å². The average molecular weight is 609 g/mol.